The lowest BCUT2D eigenvalue weighted by molar-refractivity contribution is -0.146. The quantitative estimate of drug-likeness (QED) is 0.273. The van der Waals surface area contributed by atoms with Crippen molar-refractivity contribution in [2.24, 2.45) is 0 Å². The van der Waals surface area contributed by atoms with Crippen LogP contribution in [-0.4, -0.2) is 19.2 Å². The van der Waals surface area contributed by atoms with Crippen LogP contribution in [0.5, 0.6) is 0 Å². The molecule has 0 aliphatic heterocycles. The van der Waals surface area contributed by atoms with Crippen LogP contribution in [0.25, 0.3) is 0 Å². The molecule has 66 valence electrons. The van der Waals surface area contributed by atoms with Gasteiger partial charge in [0, 0.05) is 0 Å². The highest BCUT2D eigenvalue weighted by molar-refractivity contribution is 5.86. The van der Waals surface area contributed by atoms with E-state index < -0.39 is 5.97 Å². The molecule has 12 heavy (non-hydrogen) atoms. The molecule has 4 nitrogen and oxygen atoms in total. The number of carbonyl (C=O) groups excluding carboxylic acids is 1. The summed E-state index contributed by atoms with van der Waals surface area (Å²) in [5.74, 6) is -0.694. The molecule has 0 N–H and O–H groups in total. The van der Waals surface area contributed by atoms with Gasteiger partial charge in [-0.05, 0) is 13.8 Å². The van der Waals surface area contributed by atoms with Crippen molar-refractivity contribution in [3.63, 3.8) is 0 Å². The molecular formula is C8H11NO3. The Balaban J connectivity index is 4.26. The van der Waals surface area contributed by atoms with Crippen LogP contribution in [0.2, 0.25) is 0 Å². The Bertz CT molecular complexity index is 225. The summed E-state index contributed by atoms with van der Waals surface area (Å²) < 4.78 is 9.39. The molecule has 0 fully saturated rings. The minimum Gasteiger partial charge on any atom is -0.489 e. The van der Waals surface area contributed by atoms with Gasteiger partial charge in [-0.2, -0.15) is 5.26 Å². The first-order valence-electron chi connectivity index (χ1n) is 3.46. The first kappa shape index (κ1) is 10.5. The molecule has 0 aromatic carbocycles. The maximum Gasteiger partial charge on any atom is 0.374 e. The molecule has 0 unspecified atom stereocenters. The van der Waals surface area contributed by atoms with Crippen molar-refractivity contribution in [3.8, 4) is 6.07 Å². The Morgan fingerprint density at radius 3 is 2.50 bits per heavy atom. The van der Waals surface area contributed by atoms with Gasteiger partial charge in [0.1, 0.15) is 0 Å². The molecule has 4 heteroatoms. The van der Waals surface area contributed by atoms with E-state index in [1.165, 1.54) is 7.11 Å². The predicted octanol–water partition coefficient (Wildman–Crippen LogP) is 0.992. The van der Waals surface area contributed by atoms with Crippen molar-refractivity contribution in [3.05, 3.63) is 11.8 Å². The van der Waals surface area contributed by atoms with Crippen LogP contribution < -0.4 is 0 Å². The van der Waals surface area contributed by atoms with Crippen molar-refractivity contribution < 1.29 is 14.3 Å². The first-order chi connectivity index (χ1) is 5.61. The summed E-state index contributed by atoms with van der Waals surface area (Å²) in [4.78, 5) is 11.0. The summed E-state index contributed by atoms with van der Waals surface area (Å²) in [6.45, 7) is 3.44. The van der Waals surface area contributed by atoms with E-state index in [1.54, 1.807) is 19.9 Å². The second kappa shape index (κ2) is 5.19. The molecule has 0 aromatic rings. The Morgan fingerprint density at radius 1 is 1.58 bits per heavy atom. The number of allylic oxidation sites excluding steroid dienone is 1. The number of hydrogen-bond donors (Lipinski definition) is 0. The van der Waals surface area contributed by atoms with Gasteiger partial charge < -0.3 is 9.47 Å². The number of hydrogen-bond acceptors (Lipinski definition) is 4. The van der Waals surface area contributed by atoms with Gasteiger partial charge in [0.2, 0.25) is 5.76 Å². The van der Waals surface area contributed by atoms with E-state index in [0.29, 0.717) is 0 Å². The topological polar surface area (TPSA) is 59.3 Å². The minimum atomic E-state index is -0.617. The standard InChI is InChI=1S/C8H11NO3/c1-6(2)12-8(10)7(11-3)4-5-9/h4,6H,1-3H3. The number of ether oxygens (including phenoxy) is 2. The Labute approximate surface area is 71.4 Å². The molecule has 0 rings (SSSR count). The van der Waals surface area contributed by atoms with Gasteiger partial charge in [0.05, 0.1) is 25.4 Å². The van der Waals surface area contributed by atoms with E-state index in [4.69, 9.17) is 10.00 Å². The number of esters is 1. The zero-order valence-corrected chi connectivity index (χ0v) is 7.33. The molecule has 0 heterocycles. The number of carbonyl (C=O) groups is 1. The summed E-state index contributed by atoms with van der Waals surface area (Å²) in [5.41, 5.74) is 0. The molecule has 0 spiro atoms. The Kier molecular flexibility index (Phi) is 4.54. The van der Waals surface area contributed by atoms with Crippen LogP contribution in [0, 0.1) is 11.3 Å². The second-order valence-electron chi connectivity index (χ2n) is 2.30. The lowest BCUT2D eigenvalue weighted by atomic mass is 10.4. The van der Waals surface area contributed by atoms with Crippen molar-refractivity contribution in [2.45, 2.75) is 20.0 Å². The van der Waals surface area contributed by atoms with Crippen LogP contribution in [0.1, 0.15) is 13.8 Å². The Hall–Kier alpha value is -1.50. The highest BCUT2D eigenvalue weighted by Gasteiger charge is 2.12. The molecule has 0 saturated heterocycles. The maximum atomic E-state index is 11.0. The Morgan fingerprint density at radius 2 is 2.17 bits per heavy atom. The van der Waals surface area contributed by atoms with Crippen LogP contribution >= 0.6 is 0 Å². The van der Waals surface area contributed by atoms with Crippen molar-refractivity contribution >= 4 is 5.97 Å². The van der Waals surface area contributed by atoms with Gasteiger partial charge in [-0.25, -0.2) is 4.79 Å². The second-order valence-corrected chi connectivity index (χ2v) is 2.30. The van der Waals surface area contributed by atoms with Gasteiger partial charge in [-0.3, -0.25) is 0 Å². The van der Waals surface area contributed by atoms with Crippen LogP contribution in [0.3, 0.4) is 0 Å². The highest BCUT2D eigenvalue weighted by atomic mass is 16.6. The van der Waals surface area contributed by atoms with Crippen LogP contribution in [0.15, 0.2) is 11.8 Å². The lowest BCUT2D eigenvalue weighted by Crippen LogP contribution is -2.14. The molecule has 0 aliphatic rings. The zero-order valence-electron chi connectivity index (χ0n) is 7.33. The van der Waals surface area contributed by atoms with Crippen LogP contribution in [0.4, 0.5) is 0 Å². The molecule has 0 atom stereocenters. The van der Waals surface area contributed by atoms with E-state index in [-0.39, 0.29) is 11.9 Å². The van der Waals surface area contributed by atoms with Crippen molar-refractivity contribution in [1.82, 2.24) is 0 Å². The number of nitriles is 1. The minimum absolute atomic E-state index is 0.0776. The maximum absolute atomic E-state index is 11.0. The fourth-order valence-electron chi connectivity index (χ4n) is 0.532. The van der Waals surface area contributed by atoms with Gasteiger partial charge >= 0.3 is 5.97 Å². The third kappa shape index (κ3) is 3.62. The monoisotopic (exact) mass is 169 g/mol. The molecule has 0 saturated carbocycles. The zero-order chi connectivity index (χ0) is 9.56. The van der Waals surface area contributed by atoms with Crippen molar-refractivity contribution in [1.29, 1.82) is 5.26 Å². The molecule has 0 aromatic heterocycles. The third-order valence-electron chi connectivity index (χ3n) is 0.959. The molecule has 0 amide bonds. The third-order valence-corrected chi connectivity index (χ3v) is 0.959. The van der Waals surface area contributed by atoms with E-state index in [2.05, 4.69) is 4.74 Å². The van der Waals surface area contributed by atoms with Gasteiger partial charge in [0.25, 0.3) is 0 Å². The summed E-state index contributed by atoms with van der Waals surface area (Å²) in [7, 11) is 1.31. The fraction of sp³-hybridized carbons (Fsp3) is 0.500. The smallest absolute Gasteiger partial charge is 0.374 e. The van der Waals surface area contributed by atoms with Gasteiger partial charge in [-0.15, -0.1) is 0 Å². The van der Waals surface area contributed by atoms with E-state index >= 15 is 0 Å². The highest BCUT2D eigenvalue weighted by Crippen LogP contribution is 2.00. The van der Waals surface area contributed by atoms with E-state index in [1.807, 2.05) is 0 Å². The van der Waals surface area contributed by atoms with Gasteiger partial charge in [0.15, 0.2) is 0 Å². The lowest BCUT2D eigenvalue weighted by Gasteiger charge is -2.08. The van der Waals surface area contributed by atoms with Crippen molar-refractivity contribution in [2.75, 3.05) is 7.11 Å². The van der Waals surface area contributed by atoms with Gasteiger partial charge in [-0.1, -0.05) is 0 Å². The number of nitrogens with zero attached hydrogens (tertiary/aromatic N) is 1. The predicted molar refractivity (Wildman–Crippen MR) is 41.9 cm³/mol. The summed E-state index contributed by atoms with van der Waals surface area (Å²) in [6.07, 6.45) is 0.791. The molecular weight excluding hydrogens is 158 g/mol. The molecule has 0 bridgehead atoms. The van der Waals surface area contributed by atoms with E-state index in [0.717, 1.165) is 6.08 Å². The SMILES string of the molecule is COC(=CC#N)C(=O)OC(C)C. The van der Waals surface area contributed by atoms with E-state index in [9.17, 15) is 4.79 Å². The molecule has 0 aliphatic carbocycles. The number of rotatable bonds is 3. The van der Waals surface area contributed by atoms with Crippen LogP contribution in [-0.2, 0) is 14.3 Å². The summed E-state index contributed by atoms with van der Waals surface area (Å²) >= 11 is 0. The first-order valence-corrected chi connectivity index (χ1v) is 3.46. The summed E-state index contributed by atoms with van der Waals surface area (Å²) in [5, 5.41) is 8.24. The summed E-state index contributed by atoms with van der Waals surface area (Å²) in [6, 6.07) is 1.68. The molecule has 0 radical (unpaired) electrons. The number of methoxy groups -OCH3 is 1. The largest absolute Gasteiger partial charge is 0.489 e. The average molecular weight is 169 g/mol. The average Bonchev–Trinajstić information content (AvgIpc) is 1.98. The normalized spacial score (nSPS) is 10.8. The fourth-order valence-corrected chi connectivity index (χ4v) is 0.532.